The molecule has 608 valence electrons. The molecule has 14 heterocycles. The predicted molar refractivity (Wildman–Crippen MR) is 488 cm³/mol. The summed E-state index contributed by atoms with van der Waals surface area (Å²) in [6.07, 6.45) is 14.8. The van der Waals surface area contributed by atoms with E-state index in [4.69, 9.17) is 0 Å². The van der Waals surface area contributed by atoms with Gasteiger partial charge >= 0.3 is 0 Å². The Hall–Kier alpha value is -10.6. The van der Waals surface area contributed by atoms with E-state index in [-0.39, 0.29) is 0 Å². The molecule has 16 rings (SSSR count). The summed E-state index contributed by atoms with van der Waals surface area (Å²) in [7, 11) is 16.5. The Balaban J connectivity index is 0.000000623. The number of para-hydroxylation sites is 2. The molecule has 0 atom stereocenters. The van der Waals surface area contributed by atoms with E-state index in [1.165, 1.54) is 105 Å². The molecule has 0 radical (unpaired) electrons. The minimum atomic E-state index is 0.843. The lowest BCUT2D eigenvalue weighted by molar-refractivity contribution is 0.880. The number of pyridine rings is 6. The number of aromatic nitrogens is 18. The lowest BCUT2D eigenvalue weighted by Gasteiger charge is -2.01. The van der Waals surface area contributed by atoms with Crippen molar-refractivity contribution in [3.63, 3.8) is 0 Å². The molecule has 18 heteroatoms. The van der Waals surface area contributed by atoms with E-state index < -0.39 is 0 Å². The number of hydrogen-bond donors (Lipinski definition) is 0. The van der Waals surface area contributed by atoms with Crippen LogP contribution in [0.15, 0.2) is 135 Å². The standard InChI is InChI=1S/C11H13N.4C10H12N2.3C9H11N3.8C2H6/c1-8-5-4-6-10-7-9(2)12(3)11(8)10;1-7-5-11-6-9-4-8(2)12(3)10(7)9;1-7-6-9-4-5-11-8(2)10(9)12(7)3;1-7-4-5-11-9-6-8(2)12(3)10(7)9;1-7-5-4-6-9-10(7)12(3)8(2)11-9;1-6-4-10-5-8-9(6)12(3)7(2)11-8;1-6-9-8(4-5-10-6)11-7(2)12(9)3;1-6-4-5-10-9-8(6)12(3)7(2)11-9;8*1-2/h4-7H,1-3H3;4*4-6H,1-3H3;3*4-5H,1-3H3;8*1-2H3. The third-order valence-electron chi connectivity index (χ3n) is 18.5. The molecular weight excluding hydrogens is 1380 g/mol. The molecule has 0 bridgehead atoms. The lowest BCUT2D eigenvalue weighted by Crippen LogP contribution is -1.93. The number of aryl methyl sites for hydroxylation is 24. The Morgan fingerprint density at radius 3 is 1.02 bits per heavy atom. The van der Waals surface area contributed by atoms with Crippen LogP contribution in [0.4, 0.5) is 0 Å². The highest BCUT2D eigenvalue weighted by Crippen LogP contribution is 2.25. The number of rotatable bonds is 0. The highest BCUT2D eigenvalue weighted by atomic mass is 15.1. The predicted octanol–water partition coefficient (Wildman–Crippen LogP) is 24.5. The molecule has 0 spiro atoms. The quantitative estimate of drug-likeness (QED) is 0.142. The highest BCUT2D eigenvalue weighted by Gasteiger charge is 2.12. The maximum atomic E-state index is 4.44. The van der Waals surface area contributed by atoms with Gasteiger partial charge in [-0.15, -0.1) is 0 Å². The Morgan fingerprint density at radius 1 is 0.223 bits per heavy atom. The third kappa shape index (κ3) is 24.7. The molecule has 0 aliphatic carbocycles. The minimum absolute atomic E-state index is 0.843. The Morgan fingerprint density at radius 2 is 0.554 bits per heavy atom. The van der Waals surface area contributed by atoms with Gasteiger partial charge in [0.15, 0.2) is 5.65 Å². The fourth-order valence-electron chi connectivity index (χ4n) is 12.5. The second-order valence-electron chi connectivity index (χ2n) is 25.2. The molecule has 0 unspecified atom stereocenters. The van der Waals surface area contributed by atoms with Crippen LogP contribution in [0.1, 0.15) is 202 Å². The molecule has 16 aromatic rings. The normalized spacial score (nSPS) is 9.79. The van der Waals surface area contributed by atoms with Crippen LogP contribution in [0.3, 0.4) is 0 Å². The van der Waals surface area contributed by atoms with Crippen molar-refractivity contribution < 1.29 is 0 Å². The largest absolute Gasteiger partial charge is 0.348 e. The summed E-state index contributed by atoms with van der Waals surface area (Å²) >= 11 is 0. The molecule has 2 aromatic carbocycles. The molecule has 18 nitrogen and oxygen atoms in total. The van der Waals surface area contributed by atoms with Crippen LogP contribution in [0.25, 0.3) is 88.0 Å². The van der Waals surface area contributed by atoms with E-state index in [9.17, 15) is 0 Å². The van der Waals surface area contributed by atoms with Gasteiger partial charge in [-0.05, 0) is 199 Å². The van der Waals surface area contributed by atoms with Gasteiger partial charge in [0, 0.05) is 139 Å². The molecule has 0 saturated carbocycles. The molecule has 0 N–H and O–H groups in total. The van der Waals surface area contributed by atoms with Gasteiger partial charge in [0.2, 0.25) is 0 Å². The second-order valence-corrected chi connectivity index (χ2v) is 25.2. The summed E-state index contributed by atoms with van der Waals surface area (Å²) < 4.78 is 17.2. The summed E-state index contributed by atoms with van der Waals surface area (Å²) in [4.78, 5) is 42.8. The molecule has 0 amide bonds. The van der Waals surface area contributed by atoms with Crippen molar-refractivity contribution in [1.29, 1.82) is 0 Å². The molecule has 14 aromatic heterocycles. The van der Waals surface area contributed by atoms with Crippen LogP contribution >= 0.6 is 0 Å². The third-order valence-corrected chi connectivity index (χ3v) is 18.5. The second kappa shape index (κ2) is 49.6. The summed E-state index contributed by atoms with van der Waals surface area (Å²) in [5.74, 6) is 4.13. The van der Waals surface area contributed by atoms with Crippen molar-refractivity contribution in [2.45, 2.75) is 222 Å². The first kappa shape index (κ1) is 99.4. The first-order valence-corrected chi connectivity index (χ1v) is 40.3. The van der Waals surface area contributed by atoms with Gasteiger partial charge in [0.1, 0.15) is 28.8 Å². The first-order valence-electron chi connectivity index (χ1n) is 40.3. The smallest absolute Gasteiger partial charge is 0.178 e. The summed E-state index contributed by atoms with van der Waals surface area (Å²) in [6.45, 7) is 65.1. The van der Waals surface area contributed by atoms with Gasteiger partial charge in [-0.3, -0.25) is 24.9 Å². The van der Waals surface area contributed by atoms with E-state index in [0.717, 1.165) is 73.4 Å². The summed E-state index contributed by atoms with van der Waals surface area (Å²) in [5, 5.41) is 3.85. The average Bonchev–Trinajstić information content (AvgIpc) is 1.73. The van der Waals surface area contributed by atoms with Crippen LogP contribution in [-0.2, 0) is 56.4 Å². The van der Waals surface area contributed by atoms with Gasteiger partial charge in [-0.1, -0.05) is 141 Å². The number of nitrogens with zero attached hydrogens (tertiary/aromatic N) is 18. The Kier molecular flexibility index (Phi) is 44.0. The zero-order chi connectivity index (χ0) is 85.7. The maximum absolute atomic E-state index is 4.44. The van der Waals surface area contributed by atoms with E-state index >= 15 is 0 Å². The minimum Gasteiger partial charge on any atom is -0.348 e. The van der Waals surface area contributed by atoms with E-state index in [1.807, 2.05) is 229 Å². The van der Waals surface area contributed by atoms with Gasteiger partial charge < -0.3 is 36.5 Å². The lowest BCUT2D eigenvalue weighted by atomic mass is 10.2. The van der Waals surface area contributed by atoms with Crippen LogP contribution in [-0.4, -0.2) is 86.4 Å². The molecule has 112 heavy (non-hydrogen) atoms. The van der Waals surface area contributed by atoms with Gasteiger partial charge in [0.05, 0.1) is 78.3 Å². The van der Waals surface area contributed by atoms with Gasteiger partial charge in [-0.25, -0.2) is 24.9 Å². The van der Waals surface area contributed by atoms with Crippen LogP contribution in [0.5, 0.6) is 0 Å². The van der Waals surface area contributed by atoms with Crippen molar-refractivity contribution in [3.05, 3.63) is 225 Å². The van der Waals surface area contributed by atoms with Crippen molar-refractivity contribution in [1.82, 2.24) is 86.4 Å². The van der Waals surface area contributed by atoms with Crippen molar-refractivity contribution in [2.24, 2.45) is 56.4 Å². The summed E-state index contributed by atoms with van der Waals surface area (Å²) in [5.41, 5.74) is 29.7. The topological polar surface area (TPSA) is 168 Å². The Bertz CT molecular complexity index is 4430. The molecule has 0 aliphatic rings. The first-order chi connectivity index (χ1) is 53.6. The fraction of sp³-hybridized carbons (Fsp3) is 0.426. The number of hydrogen-bond acceptors (Lipinski definition) is 10. The number of benzene rings is 2. The zero-order valence-electron chi connectivity index (χ0n) is 76.8. The molecule has 0 saturated heterocycles. The van der Waals surface area contributed by atoms with E-state index in [1.54, 1.807) is 18.6 Å². The van der Waals surface area contributed by atoms with Gasteiger partial charge in [-0.2, -0.15) is 0 Å². The van der Waals surface area contributed by atoms with E-state index in [0.29, 0.717) is 0 Å². The number of fused-ring (bicyclic) bond motifs is 8. The Labute approximate surface area is 674 Å². The molecule has 0 fully saturated rings. The van der Waals surface area contributed by atoms with Crippen LogP contribution < -0.4 is 0 Å². The average molecular weight is 1520 g/mol. The van der Waals surface area contributed by atoms with Crippen molar-refractivity contribution >= 4 is 88.0 Å². The summed E-state index contributed by atoms with van der Waals surface area (Å²) in [6, 6.07) is 29.4. The number of imidazole rings is 4. The van der Waals surface area contributed by atoms with Crippen LogP contribution in [0.2, 0.25) is 0 Å². The molecule has 0 aliphatic heterocycles. The van der Waals surface area contributed by atoms with E-state index in [2.05, 4.69) is 252 Å². The SMILES string of the molecule is CC.CC.CC.CC.CC.CC.CC.CC.Cc1cccc2cc(C)n(C)c12.Cc1cccc2nc(C)n(C)c12.Cc1ccnc2cc(C)n(C)c12.Cc1ccnc2nc(C)n(C)c12.Cc1cncc2cc(C)n(C)c12.Cc1cncc2nc(C)n(C)c12.Cc1nccc2cc(C)n(C)c12.Cc1nccc2nc(C)n(C)c12. The van der Waals surface area contributed by atoms with Gasteiger partial charge in [0.25, 0.3) is 0 Å². The fourth-order valence-corrected chi connectivity index (χ4v) is 12.5. The van der Waals surface area contributed by atoms with Crippen molar-refractivity contribution in [2.75, 3.05) is 0 Å². The zero-order valence-corrected chi connectivity index (χ0v) is 76.8. The molecular formula is C94H142N18. The highest BCUT2D eigenvalue weighted by molar-refractivity contribution is 5.86. The maximum Gasteiger partial charge on any atom is 0.178 e. The monoisotopic (exact) mass is 1520 g/mol. The van der Waals surface area contributed by atoms with Crippen LogP contribution in [0, 0.1) is 111 Å². The van der Waals surface area contributed by atoms with Crippen molar-refractivity contribution in [3.8, 4) is 0 Å².